The number of nitrogens with one attached hydrogen (secondary N) is 1. The third-order valence-electron chi connectivity index (χ3n) is 2.59. The highest BCUT2D eigenvalue weighted by Crippen LogP contribution is 2.21. The number of ether oxygens (including phenoxy) is 1. The zero-order chi connectivity index (χ0) is 13.5. The number of hydrogen-bond donors (Lipinski definition) is 2. The number of nitrogens with zero attached hydrogens (tertiary/aromatic N) is 2. The van der Waals surface area contributed by atoms with Crippen molar-refractivity contribution in [2.75, 3.05) is 31.6 Å². The minimum atomic E-state index is 0.571. The van der Waals surface area contributed by atoms with Crippen molar-refractivity contribution in [1.29, 1.82) is 0 Å². The van der Waals surface area contributed by atoms with E-state index in [9.17, 15) is 0 Å². The molecule has 0 radical (unpaired) electrons. The van der Waals surface area contributed by atoms with Crippen LogP contribution in [-0.4, -0.2) is 36.3 Å². The first-order valence-electron chi connectivity index (χ1n) is 6.23. The van der Waals surface area contributed by atoms with Crippen LogP contribution in [0, 0.1) is 0 Å². The molecule has 0 saturated carbocycles. The van der Waals surface area contributed by atoms with E-state index in [1.165, 1.54) is 0 Å². The molecule has 2 rings (SSSR count). The normalized spacial score (nSPS) is 10.8. The number of rotatable bonds is 7. The second-order valence-corrected chi connectivity index (χ2v) is 4.98. The standard InChI is InChI=1S/C13H17BrN4O/c14-10-8-12-13(18-9-10)11(2-5-17-12)16-4-1-6-19-7-3-15/h2,5,8-9H,1,3-4,6-7,15H2,(H,16,17). The molecule has 0 aliphatic heterocycles. The van der Waals surface area contributed by atoms with Crippen molar-refractivity contribution < 1.29 is 4.74 Å². The van der Waals surface area contributed by atoms with Crippen LogP contribution in [0.2, 0.25) is 0 Å². The van der Waals surface area contributed by atoms with Crippen molar-refractivity contribution in [1.82, 2.24) is 9.97 Å². The van der Waals surface area contributed by atoms with Gasteiger partial charge in [0.05, 0.1) is 17.8 Å². The summed E-state index contributed by atoms with van der Waals surface area (Å²) in [5.74, 6) is 0. The Bertz CT molecular complexity index is 535. The Kier molecular flexibility index (Phi) is 5.50. The van der Waals surface area contributed by atoms with E-state index in [1.807, 2.05) is 12.1 Å². The minimum absolute atomic E-state index is 0.571. The molecule has 0 aromatic carbocycles. The summed E-state index contributed by atoms with van der Waals surface area (Å²) in [7, 11) is 0. The van der Waals surface area contributed by atoms with E-state index in [0.717, 1.165) is 34.2 Å². The molecule has 0 bridgehead atoms. The summed E-state index contributed by atoms with van der Waals surface area (Å²) in [5, 5.41) is 3.35. The first-order chi connectivity index (χ1) is 9.31. The topological polar surface area (TPSA) is 73.1 Å². The van der Waals surface area contributed by atoms with Crippen molar-refractivity contribution in [2.24, 2.45) is 5.73 Å². The van der Waals surface area contributed by atoms with Crippen molar-refractivity contribution in [3.8, 4) is 0 Å². The lowest BCUT2D eigenvalue weighted by atomic mass is 10.3. The second kappa shape index (κ2) is 7.37. The van der Waals surface area contributed by atoms with E-state index in [2.05, 4.69) is 31.2 Å². The van der Waals surface area contributed by atoms with Gasteiger partial charge in [-0.2, -0.15) is 0 Å². The Morgan fingerprint density at radius 1 is 1.32 bits per heavy atom. The molecule has 2 aromatic rings. The van der Waals surface area contributed by atoms with Gasteiger partial charge >= 0.3 is 0 Å². The molecule has 0 amide bonds. The molecule has 19 heavy (non-hydrogen) atoms. The highest BCUT2D eigenvalue weighted by Gasteiger charge is 2.03. The first kappa shape index (κ1) is 14.2. The van der Waals surface area contributed by atoms with Gasteiger partial charge < -0.3 is 15.8 Å². The maximum Gasteiger partial charge on any atom is 0.112 e. The monoisotopic (exact) mass is 324 g/mol. The lowest BCUT2D eigenvalue weighted by Gasteiger charge is -2.09. The molecular formula is C13H17BrN4O. The molecule has 6 heteroatoms. The molecule has 0 atom stereocenters. The quantitative estimate of drug-likeness (QED) is 0.763. The molecule has 2 aromatic heterocycles. The van der Waals surface area contributed by atoms with E-state index < -0.39 is 0 Å². The van der Waals surface area contributed by atoms with Gasteiger partial charge in [0, 0.05) is 36.6 Å². The van der Waals surface area contributed by atoms with Crippen LogP contribution in [0.3, 0.4) is 0 Å². The fourth-order valence-electron chi connectivity index (χ4n) is 1.73. The van der Waals surface area contributed by atoms with Gasteiger partial charge in [-0.15, -0.1) is 0 Å². The largest absolute Gasteiger partial charge is 0.383 e. The van der Waals surface area contributed by atoms with Crippen LogP contribution in [0.25, 0.3) is 11.0 Å². The minimum Gasteiger partial charge on any atom is -0.383 e. The maximum atomic E-state index is 5.35. The van der Waals surface area contributed by atoms with Gasteiger partial charge in [-0.3, -0.25) is 9.97 Å². The van der Waals surface area contributed by atoms with Crippen molar-refractivity contribution in [2.45, 2.75) is 6.42 Å². The summed E-state index contributed by atoms with van der Waals surface area (Å²) in [6, 6.07) is 3.89. The van der Waals surface area contributed by atoms with Crippen LogP contribution >= 0.6 is 15.9 Å². The molecule has 2 heterocycles. The van der Waals surface area contributed by atoms with Crippen molar-refractivity contribution in [3.05, 3.63) is 29.0 Å². The summed E-state index contributed by atoms with van der Waals surface area (Å²) in [6.07, 6.45) is 4.49. The predicted octanol–water partition coefficient (Wildman–Crippen LogP) is 2.17. The highest BCUT2D eigenvalue weighted by atomic mass is 79.9. The van der Waals surface area contributed by atoms with Gasteiger partial charge in [0.15, 0.2) is 0 Å². The Morgan fingerprint density at radius 3 is 3.05 bits per heavy atom. The van der Waals surface area contributed by atoms with Crippen LogP contribution in [0.1, 0.15) is 6.42 Å². The zero-order valence-corrected chi connectivity index (χ0v) is 12.2. The summed E-state index contributed by atoms with van der Waals surface area (Å²) in [6.45, 7) is 2.74. The first-order valence-corrected chi connectivity index (χ1v) is 7.02. The molecule has 0 fully saturated rings. The Morgan fingerprint density at radius 2 is 2.21 bits per heavy atom. The summed E-state index contributed by atoms with van der Waals surface area (Å²) in [5.41, 5.74) is 8.10. The Hall–Kier alpha value is -1.24. The van der Waals surface area contributed by atoms with Gasteiger partial charge in [0.25, 0.3) is 0 Å². The fraction of sp³-hybridized carbons (Fsp3) is 0.385. The van der Waals surface area contributed by atoms with E-state index >= 15 is 0 Å². The molecule has 0 saturated heterocycles. The van der Waals surface area contributed by atoms with Crippen LogP contribution in [0.5, 0.6) is 0 Å². The third-order valence-corrected chi connectivity index (χ3v) is 3.02. The SMILES string of the molecule is NCCOCCCNc1ccnc2cc(Br)cnc12. The molecule has 0 aliphatic carbocycles. The molecule has 5 nitrogen and oxygen atoms in total. The number of pyridine rings is 2. The summed E-state index contributed by atoms with van der Waals surface area (Å²) in [4.78, 5) is 8.69. The average molecular weight is 325 g/mol. The van der Waals surface area contributed by atoms with Crippen LogP contribution < -0.4 is 11.1 Å². The second-order valence-electron chi connectivity index (χ2n) is 4.06. The lowest BCUT2D eigenvalue weighted by Crippen LogP contribution is -2.11. The van der Waals surface area contributed by atoms with E-state index in [4.69, 9.17) is 10.5 Å². The number of aromatic nitrogens is 2. The molecule has 0 spiro atoms. The Labute approximate surface area is 120 Å². The van der Waals surface area contributed by atoms with Crippen LogP contribution in [-0.2, 0) is 4.74 Å². The van der Waals surface area contributed by atoms with Crippen molar-refractivity contribution in [3.63, 3.8) is 0 Å². The predicted molar refractivity (Wildman–Crippen MR) is 80.2 cm³/mol. The third kappa shape index (κ3) is 4.12. The number of halogens is 1. The highest BCUT2D eigenvalue weighted by molar-refractivity contribution is 9.10. The van der Waals surface area contributed by atoms with Crippen molar-refractivity contribution >= 4 is 32.7 Å². The molecule has 0 unspecified atom stereocenters. The Balaban J connectivity index is 1.93. The number of nitrogens with two attached hydrogens (primary N) is 1. The molecular weight excluding hydrogens is 308 g/mol. The number of fused-ring (bicyclic) bond motifs is 1. The number of hydrogen-bond acceptors (Lipinski definition) is 5. The van der Waals surface area contributed by atoms with E-state index in [0.29, 0.717) is 19.8 Å². The molecule has 102 valence electrons. The van der Waals surface area contributed by atoms with Crippen LogP contribution in [0.15, 0.2) is 29.0 Å². The van der Waals surface area contributed by atoms with E-state index in [-0.39, 0.29) is 0 Å². The lowest BCUT2D eigenvalue weighted by molar-refractivity contribution is 0.141. The fourth-order valence-corrected chi connectivity index (χ4v) is 2.05. The molecule has 0 aliphatic rings. The van der Waals surface area contributed by atoms with Gasteiger partial charge in [0.2, 0.25) is 0 Å². The van der Waals surface area contributed by atoms with E-state index in [1.54, 1.807) is 12.4 Å². The summed E-state index contributed by atoms with van der Waals surface area (Å²) < 4.78 is 6.26. The van der Waals surface area contributed by atoms with Gasteiger partial charge in [0.1, 0.15) is 5.52 Å². The number of anilines is 1. The zero-order valence-electron chi connectivity index (χ0n) is 10.6. The maximum absolute atomic E-state index is 5.35. The smallest absolute Gasteiger partial charge is 0.112 e. The molecule has 3 N–H and O–H groups in total. The average Bonchev–Trinajstić information content (AvgIpc) is 2.42. The van der Waals surface area contributed by atoms with Gasteiger partial charge in [-0.25, -0.2) is 0 Å². The summed E-state index contributed by atoms with van der Waals surface area (Å²) >= 11 is 3.40. The van der Waals surface area contributed by atoms with Gasteiger partial charge in [-0.05, 0) is 34.5 Å². The van der Waals surface area contributed by atoms with Gasteiger partial charge in [-0.1, -0.05) is 0 Å². The van der Waals surface area contributed by atoms with Crippen LogP contribution in [0.4, 0.5) is 5.69 Å².